The molecule has 1 N–H and O–H groups in total. The molecule has 1 fully saturated rings. The van der Waals surface area contributed by atoms with Crippen molar-refractivity contribution in [2.45, 2.75) is 76.6 Å². The lowest BCUT2D eigenvalue weighted by Gasteiger charge is -2.19. The van der Waals surface area contributed by atoms with Gasteiger partial charge in [0.05, 0.1) is 5.75 Å². The molecule has 1 aromatic heterocycles. The molecule has 0 unspecified atom stereocenters. The van der Waals surface area contributed by atoms with Crippen molar-refractivity contribution in [2.75, 3.05) is 5.75 Å². The number of hydrogen-bond donors (Lipinski definition) is 1. The Hall–Kier alpha value is -1.63. The molecule has 0 radical (unpaired) electrons. The SMILES string of the molecule is Cc1cc(C)nc(SCC(=O)O[C@H](C)C(=O)NC2CCCCCC2)n1. The summed E-state index contributed by atoms with van der Waals surface area (Å²) in [4.78, 5) is 32.7. The number of esters is 1. The van der Waals surface area contributed by atoms with E-state index in [1.165, 1.54) is 24.6 Å². The van der Waals surface area contributed by atoms with Crippen LogP contribution in [0.1, 0.15) is 56.8 Å². The number of hydrogen-bond acceptors (Lipinski definition) is 6. The summed E-state index contributed by atoms with van der Waals surface area (Å²) in [5.74, 6) is -0.562. The fourth-order valence-corrected chi connectivity index (χ4v) is 3.64. The maximum absolute atomic E-state index is 12.2. The van der Waals surface area contributed by atoms with Gasteiger partial charge in [-0.05, 0) is 39.7 Å². The minimum atomic E-state index is -0.781. The van der Waals surface area contributed by atoms with Crippen LogP contribution in [0.4, 0.5) is 0 Å². The maximum Gasteiger partial charge on any atom is 0.317 e. The first kappa shape index (κ1) is 19.7. The van der Waals surface area contributed by atoms with Crippen LogP contribution < -0.4 is 5.32 Å². The Morgan fingerprint density at radius 2 is 1.80 bits per heavy atom. The monoisotopic (exact) mass is 365 g/mol. The van der Waals surface area contributed by atoms with E-state index < -0.39 is 12.1 Å². The van der Waals surface area contributed by atoms with Crippen LogP contribution in [0, 0.1) is 13.8 Å². The van der Waals surface area contributed by atoms with Crippen molar-refractivity contribution in [1.82, 2.24) is 15.3 Å². The second kappa shape index (κ2) is 9.75. The number of ether oxygens (including phenoxy) is 1. The molecule has 1 atom stereocenters. The van der Waals surface area contributed by atoms with Gasteiger partial charge in [0.2, 0.25) is 0 Å². The number of carbonyl (C=O) groups excluding carboxylic acids is 2. The third-order valence-corrected chi connectivity index (χ3v) is 4.98. The van der Waals surface area contributed by atoms with Crippen LogP contribution in [0.2, 0.25) is 0 Å². The third-order valence-electron chi connectivity index (χ3n) is 4.16. The van der Waals surface area contributed by atoms with Crippen molar-refractivity contribution in [2.24, 2.45) is 0 Å². The van der Waals surface area contributed by atoms with Gasteiger partial charge in [-0.2, -0.15) is 0 Å². The van der Waals surface area contributed by atoms with Gasteiger partial charge in [0.15, 0.2) is 11.3 Å². The first-order valence-corrected chi connectivity index (χ1v) is 9.87. The Labute approximate surface area is 153 Å². The molecule has 0 aromatic carbocycles. The summed E-state index contributed by atoms with van der Waals surface area (Å²) in [6, 6.07) is 2.08. The molecular weight excluding hydrogens is 338 g/mol. The molecule has 0 aliphatic heterocycles. The lowest BCUT2D eigenvalue weighted by atomic mass is 10.1. The summed E-state index contributed by atoms with van der Waals surface area (Å²) in [7, 11) is 0. The van der Waals surface area contributed by atoms with E-state index in [9.17, 15) is 9.59 Å². The number of nitrogens with one attached hydrogen (secondary N) is 1. The smallest absolute Gasteiger partial charge is 0.317 e. The number of amides is 1. The van der Waals surface area contributed by atoms with Crippen LogP contribution in [-0.2, 0) is 14.3 Å². The summed E-state index contributed by atoms with van der Waals surface area (Å²) >= 11 is 1.22. The molecule has 0 bridgehead atoms. The van der Waals surface area contributed by atoms with Gasteiger partial charge in [-0.1, -0.05) is 37.4 Å². The second-order valence-corrected chi connectivity index (χ2v) is 7.49. The largest absolute Gasteiger partial charge is 0.452 e. The minimum absolute atomic E-state index is 0.0872. The molecular formula is C18H27N3O3S. The molecule has 1 aliphatic carbocycles. The van der Waals surface area contributed by atoms with Crippen LogP contribution in [-0.4, -0.2) is 39.7 Å². The fraction of sp³-hybridized carbons (Fsp3) is 0.667. The Bertz CT molecular complexity index is 581. The maximum atomic E-state index is 12.2. The van der Waals surface area contributed by atoms with Gasteiger partial charge in [-0.15, -0.1) is 0 Å². The van der Waals surface area contributed by atoms with E-state index in [-0.39, 0.29) is 17.7 Å². The molecule has 1 saturated carbocycles. The third kappa shape index (κ3) is 7.02. The molecule has 0 saturated heterocycles. The average Bonchev–Trinajstić information content (AvgIpc) is 2.80. The van der Waals surface area contributed by atoms with Crippen molar-refractivity contribution in [3.05, 3.63) is 17.5 Å². The molecule has 25 heavy (non-hydrogen) atoms. The summed E-state index contributed by atoms with van der Waals surface area (Å²) < 4.78 is 5.24. The van der Waals surface area contributed by atoms with Crippen LogP contribution in [0.5, 0.6) is 0 Å². The molecule has 7 heteroatoms. The zero-order chi connectivity index (χ0) is 18.2. The Morgan fingerprint density at radius 3 is 2.40 bits per heavy atom. The highest BCUT2D eigenvalue weighted by Crippen LogP contribution is 2.18. The minimum Gasteiger partial charge on any atom is -0.452 e. The van der Waals surface area contributed by atoms with Crippen LogP contribution in [0.15, 0.2) is 11.2 Å². The molecule has 2 rings (SSSR count). The number of aromatic nitrogens is 2. The zero-order valence-corrected chi connectivity index (χ0v) is 16.0. The highest BCUT2D eigenvalue weighted by atomic mass is 32.2. The lowest BCUT2D eigenvalue weighted by Crippen LogP contribution is -2.42. The Balaban J connectivity index is 1.75. The standard InChI is InChI=1S/C18H27N3O3S/c1-12-10-13(2)20-18(19-12)25-11-16(22)24-14(3)17(23)21-15-8-6-4-5-7-9-15/h10,14-15H,4-9,11H2,1-3H3,(H,21,23)/t14-/m1/s1. The fourth-order valence-electron chi connectivity index (χ4n) is 2.91. The van der Waals surface area contributed by atoms with Crippen molar-refractivity contribution in [3.8, 4) is 0 Å². The predicted octanol–water partition coefficient (Wildman–Crippen LogP) is 2.96. The van der Waals surface area contributed by atoms with E-state index in [2.05, 4.69) is 15.3 Å². The van der Waals surface area contributed by atoms with E-state index in [1.807, 2.05) is 19.9 Å². The van der Waals surface area contributed by atoms with E-state index >= 15 is 0 Å². The van der Waals surface area contributed by atoms with E-state index in [4.69, 9.17) is 4.74 Å². The summed E-state index contributed by atoms with van der Waals surface area (Å²) in [6.45, 7) is 5.38. The van der Waals surface area contributed by atoms with Gasteiger partial charge in [0, 0.05) is 17.4 Å². The van der Waals surface area contributed by atoms with Gasteiger partial charge in [-0.3, -0.25) is 9.59 Å². The molecule has 6 nitrogen and oxygen atoms in total. The lowest BCUT2D eigenvalue weighted by molar-refractivity contribution is -0.152. The molecule has 138 valence electrons. The first-order chi connectivity index (χ1) is 11.9. The van der Waals surface area contributed by atoms with Crippen LogP contribution in [0.25, 0.3) is 0 Å². The molecule has 1 amide bonds. The topological polar surface area (TPSA) is 81.2 Å². The zero-order valence-electron chi connectivity index (χ0n) is 15.2. The normalized spacial score (nSPS) is 16.8. The van der Waals surface area contributed by atoms with Gasteiger partial charge < -0.3 is 10.1 Å². The van der Waals surface area contributed by atoms with Crippen molar-refractivity contribution < 1.29 is 14.3 Å². The number of nitrogens with zero attached hydrogens (tertiary/aromatic N) is 2. The molecule has 1 aliphatic rings. The number of rotatable bonds is 6. The van der Waals surface area contributed by atoms with E-state index in [0.717, 1.165) is 37.1 Å². The molecule has 1 heterocycles. The van der Waals surface area contributed by atoms with Gasteiger partial charge >= 0.3 is 5.97 Å². The van der Waals surface area contributed by atoms with Crippen LogP contribution in [0.3, 0.4) is 0 Å². The summed E-state index contributed by atoms with van der Waals surface area (Å²) in [5, 5.41) is 3.55. The number of thioether (sulfide) groups is 1. The van der Waals surface area contributed by atoms with Gasteiger partial charge in [0.1, 0.15) is 0 Å². The van der Waals surface area contributed by atoms with Crippen molar-refractivity contribution in [1.29, 1.82) is 0 Å². The Morgan fingerprint density at radius 1 is 1.20 bits per heavy atom. The highest BCUT2D eigenvalue weighted by molar-refractivity contribution is 7.99. The van der Waals surface area contributed by atoms with Crippen molar-refractivity contribution in [3.63, 3.8) is 0 Å². The quantitative estimate of drug-likeness (QED) is 0.361. The molecule has 1 aromatic rings. The van der Waals surface area contributed by atoms with E-state index in [1.54, 1.807) is 6.92 Å². The van der Waals surface area contributed by atoms with Gasteiger partial charge in [-0.25, -0.2) is 9.97 Å². The van der Waals surface area contributed by atoms with E-state index in [0.29, 0.717) is 5.16 Å². The molecule has 0 spiro atoms. The predicted molar refractivity (Wildman–Crippen MR) is 97.4 cm³/mol. The summed E-state index contributed by atoms with van der Waals surface area (Å²) in [6.07, 6.45) is 5.98. The number of carbonyl (C=O) groups is 2. The van der Waals surface area contributed by atoms with Crippen LogP contribution >= 0.6 is 11.8 Å². The number of aryl methyl sites for hydroxylation is 2. The average molecular weight is 365 g/mol. The van der Waals surface area contributed by atoms with Crippen molar-refractivity contribution >= 4 is 23.6 Å². The second-order valence-electron chi connectivity index (χ2n) is 6.55. The Kier molecular flexibility index (Phi) is 7.68. The highest BCUT2D eigenvalue weighted by Gasteiger charge is 2.22. The first-order valence-electron chi connectivity index (χ1n) is 8.89. The summed E-state index contributed by atoms with van der Waals surface area (Å²) in [5.41, 5.74) is 1.72. The van der Waals surface area contributed by atoms with Gasteiger partial charge in [0.25, 0.3) is 5.91 Å².